The first-order valence-corrected chi connectivity index (χ1v) is 7.95. The van der Waals surface area contributed by atoms with Gasteiger partial charge in [-0.25, -0.2) is 0 Å². The van der Waals surface area contributed by atoms with E-state index in [9.17, 15) is 9.59 Å². The van der Waals surface area contributed by atoms with Crippen LogP contribution in [0.5, 0.6) is 5.75 Å². The van der Waals surface area contributed by atoms with Crippen molar-refractivity contribution in [3.63, 3.8) is 0 Å². The summed E-state index contributed by atoms with van der Waals surface area (Å²) in [6.45, 7) is 8.09. The number of amides is 1. The molecule has 0 aromatic heterocycles. The van der Waals surface area contributed by atoms with Gasteiger partial charge in [-0.15, -0.1) is 0 Å². The van der Waals surface area contributed by atoms with Gasteiger partial charge in [0.25, 0.3) is 0 Å². The summed E-state index contributed by atoms with van der Waals surface area (Å²) in [6.07, 6.45) is 0.0366. The van der Waals surface area contributed by atoms with Crippen molar-refractivity contribution in [3.05, 3.63) is 36.4 Å². The number of rotatable bonds is 8. The van der Waals surface area contributed by atoms with Crippen LogP contribution in [0.25, 0.3) is 0 Å². The van der Waals surface area contributed by atoms with Gasteiger partial charge in [0, 0.05) is 18.2 Å². The molecule has 0 fully saturated rings. The van der Waals surface area contributed by atoms with Gasteiger partial charge in [-0.05, 0) is 43.8 Å². The van der Waals surface area contributed by atoms with Gasteiger partial charge in [-0.1, -0.05) is 12.6 Å². The van der Waals surface area contributed by atoms with Crippen molar-refractivity contribution in [1.82, 2.24) is 5.32 Å². The second-order valence-electron chi connectivity index (χ2n) is 5.08. The lowest BCUT2D eigenvalue weighted by molar-refractivity contribution is -0.144. The summed E-state index contributed by atoms with van der Waals surface area (Å²) in [5, 5.41) is 5.56. The maximum atomic E-state index is 11.7. The Morgan fingerprint density at radius 3 is 2.71 bits per heavy atom. The number of nitrogens with one attached hydrogen (secondary N) is 2. The molecule has 1 rings (SSSR count). The second-order valence-corrected chi connectivity index (χ2v) is 5.49. The number of anilines is 1. The molecule has 2 N–H and O–H groups in total. The average Bonchev–Trinajstić information content (AvgIpc) is 2.51. The van der Waals surface area contributed by atoms with E-state index in [1.807, 2.05) is 13.0 Å². The molecule has 0 radical (unpaired) electrons. The van der Waals surface area contributed by atoms with Gasteiger partial charge in [0.1, 0.15) is 12.4 Å². The van der Waals surface area contributed by atoms with Crippen LogP contribution in [0.3, 0.4) is 0 Å². The van der Waals surface area contributed by atoms with Crippen LogP contribution in [-0.4, -0.2) is 30.2 Å². The van der Waals surface area contributed by atoms with Crippen LogP contribution in [-0.2, 0) is 14.3 Å². The van der Waals surface area contributed by atoms with Crippen molar-refractivity contribution >= 4 is 34.9 Å². The van der Waals surface area contributed by atoms with Crippen LogP contribution in [0, 0.1) is 0 Å². The van der Waals surface area contributed by atoms with Gasteiger partial charge in [0.05, 0.1) is 13.0 Å². The Labute approximate surface area is 147 Å². The fourth-order valence-corrected chi connectivity index (χ4v) is 1.90. The molecule has 24 heavy (non-hydrogen) atoms. The van der Waals surface area contributed by atoms with Crippen LogP contribution in [0.1, 0.15) is 26.7 Å². The quantitative estimate of drug-likeness (QED) is 0.426. The molecule has 130 valence electrons. The summed E-state index contributed by atoms with van der Waals surface area (Å²) in [5.74, 6) is -0.0939. The van der Waals surface area contributed by atoms with Crippen molar-refractivity contribution in [2.75, 3.05) is 18.5 Å². The smallest absolute Gasteiger partial charge is 0.306 e. The Bertz CT molecular complexity index is 616. The molecule has 1 aromatic rings. The van der Waals surface area contributed by atoms with E-state index in [1.165, 1.54) is 0 Å². The van der Waals surface area contributed by atoms with Crippen molar-refractivity contribution < 1.29 is 19.1 Å². The number of carbonyl (C=O) groups is 2. The molecule has 0 aliphatic heterocycles. The highest BCUT2D eigenvalue weighted by Gasteiger charge is 2.09. The summed E-state index contributed by atoms with van der Waals surface area (Å²) >= 11 is 5.08. The van der Waals surface area contributed by atoms with Crippen molar-refractivity contribution in [2.24, 2.45) is 0 Å². The molecular weight excluding hydrogens is 328 g/mol. The lowest BCUT2D eigenvalue weighted by Gasteiger charge is -2.11. The largest absolute Gasteiger partial charge is 0.489 e. The van der Waals surface area contributed by atoms with Gasteiger partial charge in [-0.3, -0.25) is 9.59 Å². The number of esters is 1. The minimum atomic E-state index is -0.408. The van der Waals surface area contributed by atoms with Crippen LogP contribution in [0.15, 0.2) is 36.4 Å². The third-order valence-corrected chi connectivity index (χ3v) is 2.90. The number of hydrogen-bond donors (Lipinski definition) is 2. The van der Waals surface area contributed by atoms with E-state index in [2.05, 4.69) is 17.2 Å². The first-order valence-electron chi connectivity index (χ1n) is 7.54. The van der Waals surface area contributed by atoms with Crippen molar-refractivity contribution in [3.8, 4) is 5.75 Å². The zero-order valence-electron chi connectivity index (χ0n) is 13.9. The van der Waals surface area contributed by atoms with E-state index in [0.29, 0.717) is 24.7 Å². The molecule has 1 amide bonds. The fraction of sp³-hybridized carbons (Fsp3) is 0.353. The minimum Gasteiger partial charge on any atom is -0.489 e. The Hall–Kier alpha value is -2.41. The monoisotopic (exact) mass is 350 g/mol. The summed E-state index contributed by atoms with van der Waals surface area (Å²) < 4.78 is 10.3. The highest BCUT2D eigenvalue weighted by molar-refractivity contribution is 7.80. The molecular formula is C17H22N2O4S. The SMILES string of the molecule is C=C(C)COc1cccc(NC(=S)NC(=O)CCC(=O)OCC)c1. The summed E-state index contributed by atoms with van der Waals surface area (Å²) in [4.78, 5) is 22.9. The fourth-order valence-electron chi connectivity index (χ4n) is 1.67. The zero-order valence-corrected chi connectivity index (χ0v) is 14.7. The predicted molar refractivity (Wildman–Crippen MR) is 97.0 cm³/mol. The molecule has 6 nitrogen and oxygen atoms in total. The van der Waals surface area contributed by atoms with Gasteiger partial charge in [-0.2, -0.15) is 0 Å². The van der Waals surface area contributed by atoms with Crippen LogP contribution in [0.4, 0.5) is 5.69 Å². The third kappa shape index (κ3) is 8.28. The Morgan fingerprint density at radius 1 is 1.29 bits per heavy atom. The molecule has 0 aliphatic carbocycles. The van der Waals surface area contributed by atoms with E-state index in [4.69, 9.17) is 21.7 Å². The molecule has 0 saturated heterocycles. The van der Waals surface area contributed by atoms with E-state index in [1.54, 1.807) is 25.1 Å². The summed E-state index contributed by atoms with van der Waals surface area (Å²) in [6, 6.07) is 7.18. The normalized spacial score (nSPS) is 9.75. The summed E-state index contributed by atoms with van der Waals surface area (Å²) in [5.41, 5.74) is 1.60. The average molecular weight is 350 g/mol. The number of thiocarbonyl (C=S) groups is 1. The Morgan fingerprint density at radius 2 is 2.04 bits per heavy atom. The molecule has 0 heterocycles. The van der Waals surface area contributed by atoms with Crippen molar-refractivity contribution in [1.29, 1.82) is 0 Å². The lowest BCUT2D eigenvalue weighted by Crippen LogP contribution is -2.34. The first kappa shape index (κ1) is 19.6. The van der Waals surface area contributed by atoms with Crippen LogP contribution >= 0.6 is 12.2 Å². The van der Waals surface area contributed by atoms with Gasteiger partial charge in [0.2, 0.25) is 5.91 Å². The van der Waals surface area contributed by atoms with Crippen molar-refractivity contribution in [2.45, 2.75) is 26.7 Å². The van der Waals surface area contributed by atoms with E-state index in [0.717, 1.165) is 5.57 Å². The maximum absolute atomic E-state index is 11.7. The zero-order chi connectivity index (χ0) is 17.9. The first-order chi connectivity index (χ1) is 11.4. The molecule has 0 unspecified atom stereocenters. The van der Waals surface area contributed by atoms with Gasteiger partial charge in [0.15, 0.2) is 5.11 Å². The standard InChI is InChI=1S/C17H22N2O4S/c1-4-22-16(21)9-8-15(20)19-17(24)18-13-6-5-7-14(10-13)23-11-12(2)3/h5-7,10H,2,4,8-9,11H2,1,3H3,(H2,18,19,20,24). The molecule has 0 bridgehead atoms. The molecule has 0 spiro atoms. The van der Waals surface area contributed by atoms with E-state index in [-0.39, 0.29) is 23.9 Å². The maximum Gasteiger partial charge on any atom is 0.306 e. The molecule has 0 saturated carbocycles. The second kappa shape index (κ2) is 10.4. The number of ether oxygens (including phenoxy) is 2. The molecule has 0 atom stereocenters. The molecule has 7 heteroatoms. The highest BCUT2D eigenvalue weighted by Crippen LogP contribution is 2.17. The number of carbonyl (C=O) groups excluding carboxylic acids is 2. The van der Waals surface area contributed by atoms with Gasteiger partial charge < -0.3 is 20.1 Å². The molecule has 0 aliphatic rings. The van der Waals surface area contributed by atoms with E-state index < -0.39 is 5.97 Å². The molecule has 1 aromatic carbocycles. The summed E-state index contributed by atoms with van der Waals surface area (Å²) in [7, 11) is 0. The van der Waals surface area contributed by atoms with Crippen LogP contribution in [0.2, 0.25) is 0 Å². The Balaban J connectivity index is 2.44. The number of benzene rings is 1. The minimum absolute atomic E-state index is 0.0163. The van der Waals surface area contributed by atoms with Crippen LogP contribution < -0.4 is 15.4 Å². The van der Waals surface area contributed by atoms with Gasteiger partial charge >= 0.3 is 5.97 Å². The third-order valence-electron chi connectivity index (χ3n) is 2.69. The lowest BCUT2D eigenvalue weighted by atomic mass is 10.3. The highest BCUT2D eigenvalue weighted by atomic mass is 32.1. The predicted octanol–water partition coefficient (Wildman–Crippen LogP) is 2.80. The number of hydrogen-bond acceptors (Lipinski definition) is 5. The van der Waals surface area contributed by atoms with E-state index >= 15 is 0 Å². The topological polar surface area (TPSA) is 76.7 Å². The Kier molecular flexibility index (Phi) is 8.49.